The van der Waals surface area contributed by atoms with Gasteiger partial charge in [0, 0.05) is 18.7 Å². The Morgan fingerprint density at radius 1 is 0.958 bits per heavy atom. The van der Waals surface area contributed by atoms with Crippen LogP contribution in [0.4, 0.5) is 5.69 Å². The molecule has 0 saturated heterocycles. The lowest BCUT2D eigenvalue weighted by atomic mass is 9.93. The maximum absolute atomic E-state index is 13.0. The molecule has 2 heterocycles. The molecule has 1 aliphatic rings. The Labute approximate surface area is 138 Å². The van der Waals surface area contributed by atoms with Crippen molar-refractivity contribution >= 4 is 11.6 Å². The van der Waals surface area contributed by atoms with Crippen molar-refractivity contribution in [3.8, 4) is 11.1 Å². The van der Waals surface area contributed by atoms with Crippen molar-refractivity contribution in [1.82, 2.24) is 9.78 Å². The van der Waals surface area contributed by atoms with Crippen LogP contribution in [0.25, 0.3) is 11.1 Å². The highest BCUT2D eigenvalue weighted by Crippen LogP contribution is 2.39. The van der Waals surface area contributed by atoms with E-state index in [1.54, 1.807) is 11.9 Å². The lowest BCUT2D eigenvalue weighted by molar-refractivity contribution is 0.0978. The number of fused-ring (bicyclic) bond motifs is 3. The molecule has 2 aromatic carbocycles. The van der Waals surface area contributed by atoms with Crippen LogP contribution in [-0.4, -0.2) is 15.7 Å². The summed E-state index contributed by atoms with van der Waals surface area (Å²) < 4.78 is 1.18. The first-order valence-corrected chi connectivity index (χ1v) is 7.69. The van der Waals surface area contributed by atoms with E-state index in [0.717, 1.165) is 22.4 Å². The average Bonchev–Trinajstić information content (AvgIpc) is 2.63. The molecule has 0 aliphatic carbocycles. The molecule has 0 radical (unpaired) electrons. The normalized spacial score (nSPS) is 12.5. The number of carbonyl (C=O) groups is 1. The van der Waals surface area contributed by atoms with Crippen LogP contribution in [0.2, 0.25) is 0 Å². The fourth-order valence-electron chi connectivity index (χ4n) is 3.05. The third-order valence-corrected chi connectivity index (χ3v) is 4.26. The van der Waals surface area contributed by atoms with Crippen molar-refractivity contribution in [3.05, 3.63) is 82.3 Å². The summed E-state index contributed by atoms with van der Waals surface area (Å²) in [4.78, 5) is 26.2. The summed E-state index contributed by atoms with van der Waals surface area (Å²) in [6, 6.07) is 18.8. The number of amides is 1. The fourth-order valence-corrected chi connectivity index (χ4v) is 3.05. The Morgan fingerprint density at radius 2 is 1.67 bits per heavy atom. The third kappa shape index (κ3) is 2.22. The van der Waals surface area contributed by atoms with E-state index in [1.165, 1.54) is 16.8 Å². The fraction of sp³-hybridized carbons (Fsp3) is 0.105. The maximum atomic E-state index is 13.0. The SMILES string of the molecule is Cn1nc(C(=O)N2Cc3ccccc3-c3ccccc32)ccc1=O. The zero-order valence-electron chi connectivity index (χ0n) is 13.1. The van der Waals surface area contributed by atoms with Crippen molar-refractivity contribution in [3.63, 3.8) is 0 Å². The van der Waals surface area contributed by atoms with Crippen LogP contribution in [0.5, 0.6) is 0 Å². The zero-order chi connectivity index (χ0) is 16.7. The highest BCUT2D eigenvalue weighted by Gasteiger charge is 2.27. The van der Waals surface area contributed by atoms with Gasteiger partial charge in [-0.15, -0.1) is 0 Å². The summed E-state index contributed by atoms with van der Waals surface area (Å²) in [6.45, 7) is 0.483. The van der Waals surface area contributed by atoms with Crippen molar-refractivity contribution in [1.29, 1.82) is 0 Å². The van der Waals surface area contributed by atoms with Crippen LogP contribution >= 0.6 is 0 Å². The second kappa shape index (κ2) is 5.45. The van der Waals surface area contributed by atoms with E-state index in [2.05, 4.69) is 11.2 Å². The molecule has 1 aliphatic heterocycles. The predicted molar refractivity (Wildman–Crippen MR) is 91.9 cm³/mol. The Morgan fingerprint density at radius 3 is 2.46 bits per heavy atom. The molecule has 0 spiro atoms. The van der Waals surface area contributed by atoms with E-state index in [-0.39, 0.29) is 17.2 Å². The van der Waals surface area contributed by atoms with E-state index < -0.39 is 0 Å². The molecule has 5 nitrogen and oxygen atoms in total. The summed E-state index contributed by atoms with van der Waals surface area (Å²) in [5.74, 6) is -0.215. The van der Waals surface area contributed by atoms with Crippen LogP contribution < -0.4 is 10.5 Å². The lowest BCUT2D eigenvalue weighted by Crippen LogP contribution is -2.35. The van der Waals surface area contributed by atoms with Crippen molar-refractivity contribution < 1.29 is 4.79 Å². The van der Waals surface area contributed by atoms with Crippen molar-refractivity contribution in [2.24, 2.45) is 7.05 Å². The van der Waals surface area contributed by atoms with Gasteiger partial charge in [-0.05, 0) is 23.3 Å². The summed E-state index contributed by atoms with van der Waals surface area (Å²) in [6.07, 6.45) is 0. The van der Waals surface area contributed by atoms with Gasteiger partial charge in [-0.3, -0.25) is 9.59 Å². The summed E-state index contributed by atoms with van der Waals surface area (Å²) >= 11 is 0. The number of aromatic nitrogens is 2. The van der Waals surface area contributed by atoms with Crippen molar-refractivity contribution in [2.75, 3.05) is 4.90 Å². The smallest absolute Gasteiger partial charge is 0.279 e. The Balaban J connectivity index is 1.83. The van der Waals surface area contributed by atoms with Crippen molar-refractivity contribution in [2.45, 2.75) is 6.54 Å². The minimum absolute atomic E-state index is 0.215. The Hall–Kier alpha value is -3.21. The van der Waals surface area contributed by atoms with Crippen LogP contribution in [0.15, 0.2) is 65.5 Å². The molecule has 0 fully saturated rings. The number of carbonyl (C=O) groups excluding carboxylic acids is 1. The van der Waals surface area contributed by atoms with E-state index in [9.17, 15) is 9.59 Å². The number of rotatable bonds is 1. The number of nitrogens with zero attached hydrogens (tertiary/aromatic N) is 3. The second-order valence-electron chi connectivity index (χ2n) is 5.75. The molecule has 1 aromatic heterocycles. The van der Waals surface area contributed by atoms with Gasteiger partial charge < -0.3 is 4.90 Å². The van der Waals surface area contributed by atoms with E-state index in [1.807, 2.05) is 42.5 Å². The Bertz CT molecular complexity index is 1010. The highest BCUT2D eigenvalue weighted by atomic mass is 16.2. The first-order chi connectivity index (χ1) is 11.6. The number of aryl methyl sites for hydroxylation is 1. The molecule has 0 atom stereocenters. The molecule has 1 amide bonds. The van der Waals surface area contributed by atoms with Crippen LogP contribution in [0.3, 0.4) is 0 Å². The minimum Gasteiger partial charge on any atom is -0.302 e. The van der Waals surface area contributed by atoms with E-state index in [4.69, 9.17) is 0 Å². The summed E-state index contributed by atoms with van der Waals surface area (Å²) in [5.41, 5.74) is 4.14. The van der Waals surface area contributed by atoms with Gasteiger partial charge >= 0.3 is 0 Å². The Kier molecular flexibility index (Phi) is 3.27. The second-order valence-corrected chi connectivity index (χ2v) is 5.75. The summed E-state index contributed by atoms with van der Waals surface area (Å²) in [7, 11) is 1.54. The monoisotopic (exact) mass is 317 g/mol. The molecule has 0 unspecified atom stereocenters. The standard InChI is InChI=1S/C19H15N3O2/c1-21-18(23)11-10-16(20-21)19(24)22-12-13-6-2-3-7-14(13)15-8-4-5-9-17(15)22/h2-11H,12H2,1H3. The summed E-state index contributed by atoms with van der Waals surface area (Å²) in [5, 5.41) is 4.09. The first-order valence-electron chi connectivity index (χ1n) is 7.69. The molecule has 3 aromatic rings. The first kappa shape index (κ1) is 14.4. The quantitative estimate of drug-likeness (QED) is 0.693. The number of para-hydroxylation sites is 1. The minimum atomic E-state index is -0.240. The van der Waals surface area contributed by atoms with Gasteiger partial charge in [-0.25, -0.2) is 4.68 Å². The molecule has 24 heavy (non-hydrogen) atoms. The predicted octanol–water partition coefficient (Wildman–Crippen LogP) is 2.61. The van der Waals surface area contributed by atoms with Gasteiger partial charge in [0.25, 0.3) is 11.5 Å². The third-order valence-electron chi connectivity index (χ3n) is 4.26. The highest BCUT2D eigenvalue weighted by molar-refractivity contribution is 6.08. The van der Waals surface area contributed by atoms with Gasteiger partial charge in [0.05, 0.1) is 12.2 Å². The lowest BCUT2D eigenvalue weighted by Gasteiger charge is -2.31. The van der Waals surface area contributed by atoms with Gasteiger partial charge in [0.1, 0.15) is 5.69 Å². The van der Waals surface area contributed by atoms with E-state index in [0.29, 0.717) is 6.54 Å². The molecule has 5 heteroatoms. The van der Waals surface area contributed by atoms with Gasteiger partial charge in [0.2, 0.25) is 0 Å². The largest absolute Gasteiger partial charge is 0.302 e. The van der Waals surface area contributed by atoms with Crippen LogP contribution in [0.1, 0.15) is 16.1 Å². The molecule has 0 saturated carbocycles. The number of anilines is 1. The van der Waals surface area contributed by atoms with Crippen LogP contribution in [-0.2, 0) is 13.6 Å². The number of benzene rings is 2. The average molecular weight is 317 g/mol. The molecule has 0 bridgehead atoms. The van der Waals surface area contributed by atoms with Gasteiger partial charge in [0.15, 0.2) is 0 Å². The molecule has 0 N–H and O–H groups in total. The van der Waals surface area contributed by atoms with E-state index >= 15 is 0 Å². The maximum Gasteiger partial charge on any atom is 0.279 e. The molecular weight excluding hydrogens is 302 g/mol. The number of hydrogen-bond acceptors (Lipinski definition) is 3. The zero-order valence-corrected chi connectivity index (χ0v) is 13.1. The number of hydrogen-bond donors (Lipinski definition) is 0. The topological polar surface area (TPSA) is 55.2 Å². The molecular formula is C19H15N3O2. The molecule has 118 valence electrons. The molecule has 4 rings (SSSR count). The van der Waals surface area contributed by atoms with Gasteiger partial charge in [-0.2, -0.15) is 5.10 Å². The van der Waals surface area contributed by atoms with Crippen LogP contribution in [0, 0.1) is 0 Å². The van der Waals surface area contributed by atoms with Gasteiger partial charge in [-0.1, -0.05) is 42.5 Å².